The number of nitrogens with two attached hydrogens (primary N) is 1. The summed E-state index contributed by atoms with van der Waals surface area (Å²) in [6.45, 7) is 0. The zero-order chi connectivity index (χ0) is 18.0. The standard InChI is InChI=1S/C16H11BrCl2FN5/c17-8-1-2-13(12(20)3-8)25-16-14(21)15(22-7-23-16)24-11-5-9(18)4-10(19)6-11/h1-7H,21H2,(H2,22,23,24,25). The number of benzene rings is 2. The van der Waals surface area contributed by atoms with Crippen LogP contribution < -0.4 is 16.4 Å². The van der Waals surface area contributed by atoms with Crippen LogP contribution in [-0.4, -0.2) is 9.97 Å². The third kappa shape index (κ3) is 4.31. The average Bonchev–Trinajstić information content (AvgIpc) is 2.52. The molecule has 3 aromatic rings. The minimum Gasteiger partial charge on any atom is -0.393 e. The summed E-state index contributed by atoms with van der Waals surface area (Å²) in [5, 5.41) is 6.81. The fourth-order valence-electron chi connectivity index (χ4n) is 2.08. The summed E-state index contributed by atoms with van der Waals surface area (Å²) in [7, 11) is 0. The molecule has 0 fully saturated rings. The quantitative estimate of drug-likeness (QED) is 0.479. The molecular weight excluding hydrogens is 432 g/mol. The molecule has 1 heterocycles. The lowest BCUT2D eigenvalue weighted by Gasteiger charge is -2.13. The summed E-state index contributed by atoms with van der Waals surface area (Å²) >= 11 is 15.2. The molecule has 0 unspecified atom stereocenters. The van der Waals surface area contributed by atoms with Gasteiger partial charge in [-0.25, -0.2) is 14.4 Å². The van der Waals surface area contributed by atoms with Crippen molar-refractivity contribution in [2.75, 3.05) is 16.4 Å². The number of hydrogen-bond acceptors (Lipinski definition) is 5. The first kappa shape index (κ1) is 17.7. The van der Waals surface area contributed by atoms with E-state index in [9.17, 15) is 4.39 Å². The van der Waals surface area contributed by atoms with Crippen molar-refractivity contribution in [3.63, 3.8) is 0 Å². The molecule has 0 saturated carbocycles. The van der Waals surface area contributed by atoms with Crippen LogP contribution in [0.15, 0.2) is 47.2 Å². The predicted octanol–water partition coefficient (Wildman–Crippen LogP) is 5.75. The van der Waals surface area contributed by atoms with Crippen molar-refractivity contribution >= 4 is 67.8 Å². The molecule has 0 spiro atoms. The molecule has 1 aromatic heterocycles. The summed E-state index contributed by atoms with van der Waals surface area (Å²) in [5.74, 6) is 0.170. The van der Waals surface area contributed by atoms with Gasteiger partial charge < -0.3 is 16.4 Å². The topological polar surface area (TPSA) is 75.9 Å². The Morgan fingerprint density at radius 3 is 2.24 bits per heavy atom. The van der Waals surface area contributed by atoms with Crippen molar-refractivity contribution in [3.8, 4) is 0 Å². The molecule has 0 atom stereocenters. The number of aromatic nitrogens is 2. The number of halogens is 4. The van der Waals surface area contributed by atoms with Crippen LogP contribution in [0.25, 0.3) is 0 Å². The highest BCUT2D eigenvalue weighted by Crippen LogP contribution is 2.31. The summed E-state index contributed by atoms with van der Waals surface area (Å²) < 4.78 is 14.6. The summed E-state index contributed by atoms with van der Waals surface area (Å²) in [4.78, 5) is 8.15. The van der Waals surface area contributed by atoms with Crippen LogP contribution in [0.2, 0.25) is 10.0 Å². The van der Waals surface area contributed by atoms with Gasteiger partial charge in [0.05, 0.1) is 5.69 Å². The van der Waals surface area contributed by atoms with Crippen LogP contribution >= 0.6 is 39.1 Å². The molecule has 0 aliphatic carbocycles. The monoisotopic (exact) mass is 441 g/mol. The van der Waals surface area contributed by atoms with Gasteiger partial charge in [-0.3, -0.25) is 0 Å². The van der Waals surface area contributed by atoms with Gasteiger partial charge >= 0.3 is 0 Å². The summed E-state index contributed by atoms with van der Waals surface area (Å²) in [5.41, 5.74) is 7.17. The molecule has 25 heavy (non-hydrogen) atoms. The molecule has 128 valence electrons. The van der Waals surface area contributed by atoms with E-state index in [2.05, 4.69) is 36.5 Å². The van der Waals surface area contributed by atoms with Crippen LogP contribution in [0, 0.1) is 5.82 Å². The first-order chi connectivity index (χ1) is 11.9. The van der Waals surface area contributed by atoms with Gasteiger partial charge in [-0.2, -0.15) is 0 Å². The third-order valence-electron chi connectivity index (χ3n) is 3.19. The molecule has 0 saturated heterocycles. The SMILES string of the molecule is Nc1c(Nc2cc(Cl)cc(Cl)c2)ncnc1Nc1ccc(Br)cc1F. The van der Waals surface area contributed by atoms with Crippen LogP contribution in [0.4, 0.5) is 33.1 Å². The van der Waals surface area contributed by atoms with E-state index in [1.54, 1.807) is 30.3 Å². The first-order valence-corrected chi connectivity index (χ1v) is 8.53. The summed E-state index contributed by atoms with van der Waals surface area (Å²) in [6.07, 6.45) is 1.31. The second-order valence-corrected chi connectivity index (χ2v) is 6.81. The predicted molar refractivity (Wildman–Crippen MR) is 104 cm³/mol. The second kappa shape index (κ2) is 7.43. The van der Waals surface area contributed by atoms with Crippen molar-refractivity contribution in [1.82, 2.24) is 9.97 Å². The molecular formula is C16H11BrCl2FN5. The van der Waals surface area contributed by atoms with Crippen molar-refractivity contribution < 1.29 is 4.39 Å². The number of hydrogen-bond donors (Lipinski definition) is 3. The first-order valence-electron chi connectivity index (χ1n) is 6.98. The second-order valence-electron chi connectivity index (χ2n) is 5.02. The highest BCUT2D eigenvalue weighted by molar-refractivity contribution is 9.10. The van der Waals surface area contributed by atoms with Gasteiger partial charge in [0, 0.05) is 20.2 Å². The fraction of sp³-hybridized carbons (Fsp3) is 0. The van der Waals surface area contributed by atoms with E-state index in [1.165, 1.54) is 12.4 Å². The van der Waals surface area contributed by atoms with Gasteiger partial charge in [0.2, 0.25) is 0 Å². The van der Waals surface area contributed by atoms with Gasteiger partial charge in [-0.15, -0.1) is 0 Å². The molecule has 0 aliphatic heterocycles. The van der Waals surface area contributed by atoms with E-state index in [1.807, 2.05) is 0 Å². The van der Waals surface area contributed by atoms with E-state index in [4.69, 9.17) is 28.9 Å². The van der Waals surface area contributed by atoms with Crippen molar-refractivity contribution in [2.45, 2.75) is 0 Å². The number of nitrogens with one attached hydrogen (secondary N) is 2. The molecule has 0 bridgehead atoms. The van der Waals surface area contributed by atoms with E-state index in [-0.39, 0.29) is 17.2 Å². The van der Waals surface area contributed by atoms with Crippen LogP contribution in [-0.2, 0) is 0 Å². The van der Waals surface area contributed by atoms with E-state index < -0.39 is 5.82 Å². The lowest BCUT2D eigenvalue weighted by molar-refractivity contribution is 0.631. The van der Waals surface area contributed by atoms with Crippen molar-refractivity contribution in [3.05, 3.63) is 63.1 Å². The minimum absolute atomic E-state index is 0.223. The molecule has 4 N–H and O–H groups in total. The average molecular weight is 443 g/mol. The Morgan fingerprint density at radius 2 is 1.60 bits per heavy atom. The third-order valence-corrected chi connectivity index (χ3v) is 4.12. The molecule has 3 rings (SSSR count). The summed E-state index contributed by atoms with van der Waals surface area (Å²) in [6, 6.07) is 9.58. The highest BCUT2D eigenvalue weighted by atomic mass is 79.9. The molecule has 0 aliphatic rings. The molecule has 5 nitrogen and oxygen atoms in total. The van der Waals surface area contributed by atoms with Gasteiger partial charge in [-0.05, 0) is 36.4 Å². The lowest BCUT2D eigenvalue weighted by atomic mass is 10.3. The van der Waals surface area contributed by atoms with Crippen molar-refractivity contribution in [2.24, 2.45) is 0 Å². The maximum Gasteiger partial charge on any atom is 0.159 e. The Kier molecular flexibility index (Phi) is 5.27. The van der Waals surface area contributed by atoms with Crippen LogP contribution in [0.1, 0.15) is 0 Å². The number of rotatable bonds is 4. The van der Waals surface area contributed by atoms with Gasteiger partial charge in [-0.1, -0.05) is 39.1 Å². The molecule has 0 amide bonds. The molecule has 9 heteroatoms. The Hall–Kier alpha value is -2.09. The largest absolute Gasteiger partial charge is 0.393 e. The van der Waals surface area contributed by atoms with Crippen LogP contribution in [0.5, 0.6) is 0 Å². The zero-order valence-electron chi connectivity index (χ0n) is 12.5. The number of nitrogens with zero attached hydrogens (tertiary/aromatic N) is 2. The number of anilines is 5. The lowest BCUT2D eigenvalue weighted by Crippen LogP contribution is -2.06. The van der Waals surface area contributed by atoms with Crippen molar-refractivity contribution in [1.29, 1.82) is 0 Å². The van der Waals surface area contributed by atoms with E-state index in [0.29, 0.717) is 26.0 Å². The fourth-order valence-corrected chi connectivity index (χ4v) is 2.94. The smallest absolute Gasteiger partial charge is 0.159 e. The Labute approximate surface area is 161 Å². The van der Waals surface area contributed by atoms with Crippen LogP contribution in [0.3, 0.4) is 0 Å². The maximum absolute atomic E-state index is 14.0. The minimum atomic E-state index is -0.441. The van der Waals surface area contributed by atoms with Gasteiger partial charge in [0.15, 0.2) is 11.6 Å². The van der Waals surface area contributed by atoms with Gasteiger partial charge in [0.1, 0.15) is 17.8 Å². The normalized spacial score (nSPS) is 10.6. The number of nitrogen functional groups attached to an aromatic ring is 1. The molecule has 2 aromatic carbocycles. The van der Waals surface area contributed by atoms with E-state index in [0.717, 1.165) is 0 Å². The van der Waals surface area contributed by atoms with E-state index >= 15 is 0 Å². The zero-order valence-corrected chi connectivity index (χ0v) is 15.6. The molecule has 0 radical (unpaired) electrons. The Bertz CT molecular complexity index is 918. The van der Waals surface area contributed by atoms with Gasteiger partial charge in [0.25, 0.3) is 0 Å². The Balaban J connectivity index is 1.89. The highest BCUT2D eigenvalue weighted by Gasteiger charge is 2.11. The Morgan fingerprint density at radius 1 is 0.960 bits per heavy atom. The maximum atomic E-state index is 14.0.